The Labute approximate surface area is 143 Å². The number of hydrogen-bond acceptors (Lipinski definition) is 4. The van der Waals surface area contributed by atoms with Crippen molar-refractivity contribution in [3.8, 4) is 0 Å². The second-order valence-corrected chi connectivity index (χ2v) is 7.83. The van der Waals surface area contributed by atoms with Gasteiger partial charge in [-0.25, -0.2) is 9.18 Å². The largest absolute Gasteiger partial charge is 0.443 e. The molecule has 0 spiro atoms. The first kappa shape index (κ1) is 16.8. The maximum absolute atomic E-state index is 13.7. The molecule has 4 nitrogen and oxygen atoms in total. The maximum Gasteiger partial charge on any atom is 0.419 e. The number of allylic oxidation sites excluding steroid dienone is 1. The van der Waals surface area contributed by atoms with Crippen LogP contribution in [-0.2, 0) is 9.53 Å². The van der Waals surface area contributed by atoms with Crippen molar-refractivity contribution in [2.45, 2.75) is 38.0 Å². The van der Waals surface area contributed by atoms with Gasteiger partial charge in [0.15, 0.2) is 0 Å². The molecule has 1 aromatic heterocycles. The van der Waals surface area contributed by atoms with Crippen molar-refractivity contribution in [1.29, 1.82) is 0 Å². The first-order valence-electron chi connectivity index (χ1n) is 7.62. The van der Waals surface area contributed by atoms with Crippen molar-refractivity contribution >= 4 is 40.6 Å². The Balaban J connectivity index is 2.09. The average molecular weight is 347 g/mol. The third-order valence-electron chi connectivity index (χ3n) is 3.66. The molecule has 0 saturated heterocycles. The molecule has 3 rings (SSSR count). The van der Waals surface area contributed by atoms with E-state index >= 15 is 0 Å². The summed E-state index contributed by atoms with van der Waals surface area (Å²) in [6.45, 7) is 5.34. The van der Waals surface area contributed by atoms with E-state index in [0.717, 1.165) is 22.8 Å². The zero-order valence-corrected chi connectivity index (χ0v) is 14.5. The normalized spacial score (nSPS) is 17.8. The standard InChI is InChI=1S/C18H18FNO3S/c1-18(2,3)23-17(22)20-8-15(11-6-13(9-21)24-10-11)14-5-4-12(19)7-16(14)20/h4-5,7-10,13H,6H2,1-3H3. The predicted molar refractivity (Wildman–Crippen MR) is 93.6 cm³/mol. The lowest BCUT2D eigenvalue weighted by Crippen LogP contribution is -2.26. The van der Waals surface area contributed by atoms with Gasteiger partial charge in [0.25, 0.3) is 0 Å². The van der Waals surface area contributed by atoms with Crippen LogP contribution >= 0.6 is 11.8 Å². The van der Waals surface area contributed by atoms with Crippen molar-refractivity contribution in [1.82, 2.24) is 4.57 Å². The molecule has 0 amide bonds. The van der Waals surface area contributed by atoms with E-state index in [4.69, 9.17) is 4.74 Å². The SMILES string of the molecule is CC(C)(C)OC(=O)n1cc(C2=CSC(C=O)C2)c2ccc(F)cc21. The van der Waals surface area contributed by atoms with Crippen molar-refractivity contribution in [2.24, 2.45) is 0 Å². The number of aromatic nitrogens is 1. The molecule has 0 fully saturated rings. The molecule has 2 heterocycles. The van der Waals surface area contributed by atoms with Crippen molar-refractivity contribution in [2.75, 3.05) is 0 Å². The topological polar surface area (TPSA) is 48.3 Å². The van der Waals surface area contributed by atoms with Crippen molar-refractivity contribution in [3.63, 3.8) is 0 Å². The lowest BCUT2D eigenvalue weighted by Gasteiger charge is -2.19. The van der Waals surface area contributed by atoms with E-state index in [9.17, 15) is 14.0 Å². The quantitative estimate of drug-likeness (QED) is 0.745. The number of aldehydes is 1. The molecule has 1 aliphatic heterocycles. The van der Waals surface area contributed by atoms with Crippen LogP contribution in [0.1, 0.15) is 32.8 Å². The van der Waals surface area contributed by atoms with E-state index in [1.54, 1.807) is 33.0 Å². The van der Waals surface area contributed by atoms with Gasteiger partial charge in [-0.1, -0.05) is 0 Å². The summed E-state index contributed by atoms with van der Waals surface area (Å²) < 4.78 is 20.4. The lowest BCUT2D eigenvalue weighted by atomic mass is 10.0. The minimum Gasteiger partial charge on any atom is -0.443 e. The number of fused-ring (bicyclic) bond motifs is 1. The van der Waals surface area contributed by atoms with Crippen LogP contribution in [0.15, 0.2) is 29.8 Å². The highest BCUT2D eigenvalue weighted by molar-refractivity contribution is 8.03. The van der Waals surface area contributed by atoms with Crippen LogP contribution in [-0.4, -0.2) is 27.8 Å². The summed E-state index contributed by atoms with van der Waals surface area (Å²) >= 11 is 1.46. The van der Waals surface area contributed by atoms with Crippen LogP contribution in [0.3, 0.4) is 0 Å². The molecule has 0 bridgehead atoms. The van der Waals surface area contributed by atoms with E-state index in [0.29, 0.717) is 11.9 Å². The van der Waals surface area contributed by atoms with Crippen LogP contribution in [0.4, 0.5) is 9.18 Å². The van der Waals surface area contributed by atoms with Crippen molar-refractivity contribution in [3.05, 3.63) is 41.2 Å². The van der Waals surface area contributed by atoms with Gasteiger partial charge in [0.05, 0.1) is 10.8 Å². The summed E-state index contributed by atoms with van der Waals surface area (Å²) in [5.74, 6) is -0.419. The second kappa shape index (κ2) is 6.09. The van der Waals surface area contributed by atoms with E-state index in [1.807, 2.05) is 5.41 Å². The fourth-order valence-corrected chi connectivity index (χ4v) is 3.56. The Bertz CT molecular complexity index is 848. The monoisotopic (exact) mass is 347 g/mol. The fourth-order valence-electron chi connectivity index (χ4n) is 2.65. The number of halogens is 1. The molecular formula is C18H18FNO3S. The van der Waals surface area contributed by atoms with Gasteiger partial charge in [-0.2, -0.15) is 0 Å². The number of carbonyl (C=O) groups excluding carboxylic acids is 2. The number of benzene rings is 1. The lowest BCUT2D eigenvalue weighted by molar-refractivity contribution is -0.107. The van der Waals surface area contributed by atoms with Gasteiger partial charge in [-0.3, -0.25) is 4.57 Å². The maximum atomic E-state index is 13.7. The molecule has 0 aliphatic carbocycles. The summed E-state index contributed by atoms with van der Waals surface area (Å²) in [4.78, 5) is 23.5. The molecule has 0 N–H and O–H groups in total. The minimum absolute atomic E-state index is 0.111. The van der Waals surface area contributed by atoms with E-state index in [1.165, 1.54) is 28.5 Å². The van der Waals surface area contributed by atoms with Crippen LogP contribution in [0.2, 0.25) is 0 Å². The molecule has 2 aromatic rings. The summed E-state index contributed by atoms with van der Waals surface area (Å²) in [5, 5.41) is 2.58. The molecule has 1 unspecified atom stereocenters. The molecule has 126 valence electrons. The zero-order chi connectivity index (χ0) is 17.5. The van der Waals surface area contributed by atoms with E-state index in [2.05, 4.69) is 0 Å². The highest BCUT2D eigenvalue weighted by Crippen LogP contribution is 2.39. The van der Waals surface area contributed by atoms with Gasteiger partial charge >= 0.3 is 6.09 Å². The predicted octanol–water partition coefficient (Wildman–Crippen LogP) is 4.61. The third-order valence-corrected chi connectivity index (χ3v) is 4.71. The average Bonchev–Trinajstić information content (AvgIpc) is 3.08. The van der Waals surface area contributed by atoms with Crippen LogP contribution in [0.5, 0.6) is 0 Å². The van der Waals surface area contributed by atoms with Gasteiger partial charge < -0.3 is 9.53 Å². The van der Waals surface area contributed by atoms with Crippen molar-refractivity contribution < 1.29 is 18.7 Å². The molecule has 1 aromatic carbocycles. The molecule has 6 heteroatoms. The molecule has 1 aliphatic rings. The summed E-state index contributed by atoms with van der Waals surface area (Å²) in [6.07, 6.45) is 2.62. The van der Waals surface area contributed by atoms with Crippen LogP contribution in [0, 0.1) is 5.82 Å². The minimum atomic E-state index is -0.647. The molecular weight excluding hydrogens is 329 g/mol. The number of rotatable bonds is 2. The third kappa shape index (κ3) is 3.24. The molecule has 0 radical (unpaired) electrons. The second-order valence-electron chi connectivity index (χ2n) is 6.71. The summed E-state index contributed by atoms with van der Waals surface area (Å²) in [5.41, 5.74) is 1.61. The Morgan fingerprint density at radius 3 is 2.79 bits per heavy atom. The molecule has 1 atom stereocenters. The summed E-state index contributed by atoms with van der Waals surface area (Å²) in [7, 11) is 0. The Hall–Kier alpha value is -2.08. The van der Waals surface area contributed by atoms with Gasteiger partial charge in [0.2, 0.25) is 0 Å². The van der Waals surface area contributed by atoms with Gasteiger partial charge in [0, 0.05) is 17.1 Å². The highest BCUT2D eigenvalue weighted by Gasteiger charge is 2.25. The van der Waals surface area contributed by atoms with Gasteiger partial charge in [0.1, 0.15) is 17.7 Å². The van der Waals surface area contributed by atoms with E-state index in [-0.39, 0.29) is 5.25 Å². The molecule has 0 saturated carbocycles. The number of thioether (sulfide) groups is 1. The zero-order valence-electron chi connectivity index (χ0n) is 13.7. The number of ether oxygens (including phenoxy) is 1. The fraction of sp³-hybridized carbons (Fsp3) is 0.333. The van der Waals surface area contributed by atoms with Crippen LogP contribution in [0.25, 0.3) is 16.5 Å². The number of carbonyl (C=O) groups is 2. The molecule has 24 heavy (non-hydrogen) atoms. The van der Waals surface area contributed by atoms with Crippen LogP contribution < -0.4 is 0 Å². The smallest absolute Gasteiger partial charge is 0.419 e. The van der Waals surface area contributed by atoms with Gasteiger partial charge in [-0.15, -0.1) is 11.8 Å². The highest BCUT2D eigenvalue weighted by atomic mass is 32.2. The van der Waals surface area contributed by atoms with E-state index < -0.39 is 17.5 Å². The van der Waals surface area contributed by atoms with Gasteiger partial charge in [-0.05, 0) is 56.4 Å². The summed E-state index contributed by atoms with van der Waals surface area (Å²) in [6, 6.07) is 4.34. The Kier molecular flexibility index (Phi) is 4.25. The Morgan fingerprint density at radius 1 is 1.42 bits per heavy atom. The first-order chi connectivity index (χ1) is 11.3. The Morgan fingerprint density at radius 2 is 2.17 bits per heavy atom. The first-order valence-corrected chi connectivity index (χ1v) is 8.57. The number of hydrogen-bond donors (Lipinski definition) is 0. The number of nitrogens with zero attached hydrogens (tertiary/aromatic N) is 1.